The Morgan fingerprint density at radius 1 is 1.28 bits per heavy atom. The minimum atomic E-state index is 0. The van der Waals surface area contributed by atoms with Gasteiger partial charge < -0.3 is 0 Å². The van der Waals surface area contributed by atoms with E-state index in [9.17, 15) is 0 Å². The van der Waals surface area contributed by atoms with Gasteiger partial charge in [0.1, 0.15) is 0 Å². The van der Waals surface area contributed by atoms with Crippen LogP contribution in [0.4, 0.5) is 0 Å². The van der Waals surface area contributed by atoms with Gasteiger partial charge in [0.25, 0.3) is 0 Å². The van der Waals surface area contributed by atoms with Gasteiger partial charge in [0.15, 0.2) is 0 Å². The van der Waals surface area contributed by atoms with E-state index in [0.29, 0.717) is 0 Å². The zero-order valence-electron chi connectivity index (χ0n) is 10.8. The normalized spacial score (nSPS) is 26.7. The Labute approximate surface area is 116 Å². The number of aryl methyl sites for hydroxylation is 1. The summed E-state index contributed by atoms with van der Waals surface area (Å²) in [6.07, 6.45) is 6.02. The summed E-state index contributed by atoms with van der Waals surface area (Å²) in [6, 6.07) is 9.07. The van der Waals surface area contributed by atoms with Gasteiger partial charge in [-0.15, -0.1) is 19.0 Å². The molecule has 0 bridgehead atoms. The monoisotopic (exact) mass is 263 g/mol. The molecule has 1 fully saturated rings. The predicted octanol–water partition coefficient (Wildman–Crippen LogP) is 3.65. The molecule has 3 rings (SSSR count). The SMILES string of the molecule is C=CCN1CC[C@H]2c3ccccc3CC[C@H]2C1.Cl. The molecule has 1 aliphatic carbocycles. The second-order valence-corrected chi connectivity index (χ2v) is 5.44. The molecule has 2 heteroatoms. The Bertz CT molecular complexity index is 415. The van der Waals surface area contributed by atoms with E-state index >= 15 is 0 Å². The van der Waals surface area contributed by atoms with E-state index in [-0.39, 0.29) is 12.4 Å². The fourth-order valence-electron chi connectivity index (χ4n) is 3.62. The second-order valence-electron chi connectivity index (χ2n) is 5.44. The minimum Gasteiger partial charge on any atom is -0.299 e. The lowest BCUT2D eigenvalue weighted by Crippen LogP contribution is -2.41. The summed E-state index contributed by atoms with van der Waals surface area (Å²) in [5.74, 6) is 1.69. The highest BCUT2D eigenvalue weighted by Gasteiger charge is 2.33. The molecule has 0 amide bonds. The lowest BCUT2D eigenvalue weighted by Gasteiger charge is -2.42. The van der Waals surface area contributed by atoms with Crippen LogP contribution in [0.3, 0.4) is 0 Å². The van der Waals surface area contributed by atoms with Gasteiger partial charge in [-0.25, -0.2) is 0 Å². The van der Waals surface area contributed by atoms with E-state index in [0.717, 1.165) is 18.4 Å². The summed E-state index contributed by atoms with van der Waals surface area (Å²) >= 11 is 0. The average molecular weight is 264 g/mol. The molecule has 2 atom stereocenters. The summed E-state index contributed by atoms with van der Waals surface area (Å²) in [4.78, 5) is 2.56. The molecular formula is C16H22ClN. The number of hydrogen-bond donors (Lipinski definition) is 0. The van der Waals surface area contributed by atoms with Crippen LogP contribution in [0.5, 0.6) is 0 Å². The quantitative estimate of drug-likeness (QED) is 0.737. The van der Waals surface area contributed by atoms with Crippen LogP contribution >= 0.6 is 12.4 Å². The highest BCUT2D eigenvalue weighted by molar-refractivity contribution is 5.85. The summed E-state index contributed by atoms with van der Waals surface area (Å²) in [7, 11) is 0. The van der Waals surface area contributed by atoms with Crippen LogP contribution in [0.1, 0.15) is 29.9 Å². The van der Waals surface area contributed by atoms with Gasteiger partial charge in [-0.2, -0.15) is 0 Å². The van der Waals surface area contributed by atoms with Crippen molar-refractivity contribution >= 4 is 12.4 Å². The molecule has 2 aliphatic rings. The third-order valence-electron chi connectivity index (χ3n) is 4.44. The maximum atomic E-state index is 3.85. The van der Waals surface area contributed by atoms with E-state index in [1.807, 2.05) is 6.08 Å². The lowest BCUT2D eigenvalue weighted by atomic mass is 9.71. The first kappa shape index (κ1) is 13.6. The van der Waals surface area contributed by atoms with Gasteiger partial charge in [0.05, 0.1) is 0 Å². The first-order valence-electron chi connectivity index (χ1n) is 6.79. The van der Waals surface area contributed by atoms with Crippen molar-refractivity contribution in [2.24, 2.45) is 5.92 Å². The Hall–Kier alpha value is -0.790. The number of rotatable bonds is 2. The molecule has 0 saturated carbocycles. The van der Waals surface area contributed by atoms with Gasteiger partial charge in [0.2, 0.25) is 0 Å². The minimum absolute atomic E-state index is 0. The van der Waals surface area contributed by atoms with Crippen molar-refractivity contribution in [3.8, 4) is 0 Å². The molecule has 1 aromatic carbocycles. The largest absolute Gasteiger partial charge is 0.299 e. The molecule has 1 aromatic rings. The molecule has 0 spiro atoms. The van der Waals surface area contributed by atoms with E-state index in [2.05, 4.69) is 35.7 Å². The molecule has 0 N–H and O–H groups in total. The fourth-order valence-corrected chi connectivity index (χ4v) is 3.62. The van der Waals surface area contributed by atoms with Crippen molar-refractivity contribution < 1.29 is 0 Å². The van der Waals surface area contributed by atoms with Crippen molar-refractivity contribution in [3.63, 3.8) is 0 Å². The second kappa shape index (κ2) is 5.90. The molecule has 1 aliphatic heterocycles. The molecule has 0 aromatic heterocycles. The van der Waals surface area contributed by atoms with Gasteiger partial charge in [-0.3, -0.25) is 4.90 Å². The van der Waals surface area contributed by atoms with Crippen LogP contribution in [0.15, 0.2) is 36.9 Å². The molecule has 0 radical (unpaired) electrons. The van der Waals surface area contributed by atoms with E-state index in [1.54, 1.807) is 11.1 Å². The van der Waals surface area contributed by atoms with Crippen LogP contribution in [-0.2, 0) is 6.42 Å². The molecule has 0 unspecified atom stereocenters. The van der Waals surface area contributed by atoms with Crippen LogP contribution in [0.25, 0.3) is 0 Å². The standard InChI is InChI=1S/C16H21N.ClH/c1-2-10-17-11-9-16-14(12-17)8-7-13-5-3-4-6-15(13)16;/h2-6,14,16H,1,7-12H2;1H/t14-,16+;/m0./s1. The fraction of sp³-hybridized carbons (Fsp3) is 0.500. The molecule has 1 saturated heterocycles. The number of fused-ring (bicyclic) bond motifs is 3. The van der Waals surface area contributed by atoms with Crippen LogP contribution in [0, 0.1) is 5.92 Å². The van der Waals surface area contributed by atoms with Gasteiger partial charge in [0, 0.05) is 13.1 Å². The Kier molecular flexibility index (Phi) is 4.47. The van der Waals surface area contributed by atoms with Crippen molar-refractivity contribution in [1.82, 2.24) is 4.90 Å². The summed E-state index contributed by atoms with van der Waals surface area (Å²) in [6.45, 7) is 7.42. The molecule has 1 heterocycles. The Balaban J connectivity index is 0.00000120. The van der Waals surface area contributed by atoms with Crippen LogP contribution < -0.4 is 0 Å². The average Bonchev–Trinajstić information content (AvgIpc) is 2.39. The third-order valence-corrected chi connectivity index (χ3v) is 4.44. The van der Waals surface area contributed by atoms with Gasteiger partial charge in [-0.1, -0.05) is 30.3 Å². The molecule has 1 nitrogen and oxygen atoms in total. The van der Waals surface area contributed by atoms with Crippen molar-refractivity contribution in [3.05, 3.63) is 48.0 Å². The lowest BCUT2D eigenvalue weighted by molar-refractivity contribution is 0.154. The predicted molar refractivity (Wildman–Crippen MR) is 79.5 cm³/mol. The Morgan fingerprint density at radius 2 is 2.11 bits per heavy atom. The summed E-state index contributed by atoms with van der Waals surface area (Å²) < 4.78 is 0. The summed E-state index contributed by atoms with van der Waals surface area (Å²) in [5, 5.41) is 0. The topological polar surface area (TPSA) is 3.24 Å². The number of likely N-dealkylation sites (tertiary alicyclic amines) is 1. The number of halogens is 1. The van der Waals surface area contributed by atoms with Crippen molar-refractivity contribution in [2.45, 2.75) is 25.2 Å². The van der Waals surface area contributed by atoms with E-state index in [1.165, 1.54) is 32.4 Å². The van der Waals surface area contributed by atoms with E-state index in [4.69, 9.17) is 0 Å². The van der Waals surface area contributed by atoms with Crippen LogP contribution in [0.2, 0.25) is 0 Å². The highest BCUT2D eigenvalue weighted by Crippen LogP contribution is 2.41. The van der Waals surface area contributed by atoms with E-state index < -0.39 is 0 Å². The zero-order chi connectivity index (χ0) is 11.7. The number of benzene rings is 1. The Morgan fingerprint density at radius 3 is 2.94 bits per heavy atom. The van der Waals surface area contributed by atoms with Crippen LogP contribution in [-0.4, -0.2) is 24.5 Å². The van der Waals surface area contributed by atoms with Crippen molar-refractivity contribution in [1.29, 1.82) is 0 Å². The summed E-state index contributed by atoms with van der Waals surface area (Å²) in [5.41, 5.74) is 3.24. The molecule has 98 valence electrons. The zero-order valence-corrected chi connectivity index (χ0v) is 11.7. The molecular weight excluding hydrogens is 242 g/mol. The smallest absolute Gasteiger partial charge is 0.0160 e. The number of piperidine rings is 1. The highest BCUT2D eigenvalue weighted by atomic mass is 35.5. The third kappa shape index (κ3) is 2.48. The first-order chi connectivity index (χ1) is 8.38. The number of nitrogens with zero attached hydrogens (tertiary/aromatic N) is 1. The maximum absolute atomic E-state index is 3.85. The maximum Gasteiger partial charge on any atom is 0.0160 e. The first-order valence-corrected chi connectivity index (χ1v) is 6.79. The molecule has 18 heavy (non-hydrogen) atoms. The van der Waals surface area contributed by atoms with Crippen molar-refractivity contribution in [2.75, 3.05) is 19.6 Å². The number of hydrogen-bond acceptors (Lipinski definition) is 1. The van der Waals surface area contributed by atoms with Gasteiger partial charge in [-0.05, 0) is 48.8 Å². The van der Waals surface area contributed by atoms with Gasteiger partial charge >= 0.3 is 0 Å².